The number of benzene rings is 1. The van der Waals surface area contributed by atoms with Gasteiger partial charge in [0.25, 0.3) is 0 Å². The maximum atomic E-state index is 10.1. The highest BCUT2D eigenvalue weighted by Gasteiger charge is 1.93. The van der Waals surface area contributed by atoms with Crippen molar-refractivity contribution in [2.24, 2.45) is 7.05 Å². The van der Waals surface area contributed by atoms with E-state index in [2.05, 4.69) is 11.1 Å². The number of aryl methyl sites for hydroxylation is 1. The van der Waals surface area contributed by atoms with E-state index in [1.54, 1.807) is 18.2 Å². The van der Waals surface area contributed by atoms with E-state index in [0.717, 1.165) is 6.54 Å². The summed E-state index contributed by atoms with van der Waals surface area (Å²) >= 11 is 0. The summed E-state index contributed by atoms with van der Waals surface area (Å²) in [6.45, 7) is 4.52. The Morgan fingerprint density at radius 2 is 2.11 bits per heavy atom. The highest BCUT2D eigenvalue weighted by molar-refractivity contribution is 5.85. The molecule has 1 heterocycles. The van der Waals surface area contributed by atoms with Crippen LogP contribution in [0.3, 0.4) is 0 Å². The number of hydrogen-bond donors (Lipinski definition) is 0. The van der Waals surface area contributed by atoms with Crippen LogP contribution in [0.5, 0.6) is 0 Å². The fourth-order valence-corrected chi connectivity index (χ4v) is 1.33. The number of carboxylic acids is 1. The number of imidazole rings is 1. The lowest BCUT2D eigenvalue weighted by atomic mass is 10.2. The molecule has 0 aliphatic rings. The monoisotopic (exact) mass is 244 g/mol. The van der Waals surface area contributed by atoms with Crippen molar-refractivity contribution >= 4 is 5.97 Å². The summed E-state index contributed by atoms with van der Waals surface area (Å²) in [5.74, 6) is -1.13. The van der Waals surface area contributed by atoms with Gasteiger partial charge in [0.15, 0.2) is 0 Å². The van der Waals surface area contributed by atoms with E-state index in [0.29, 0.717) is 0 Å². The molecule has 2 aromatic rings. The topological polar surface area (TPSA) is 48.9 Å². The summed E-state index contributed by atoms with van der Waals surface area (Å²) in [6.07, 6.45) is 7.91. The molecule has 0 saturated heterocycles. The number of aromatic carboxylic acids is 1. The Kier molecular flexibility index (Phi) is 5.38. The zero-order valence-electron chi connectivity index (χ0n) is 10.3. The molecule has 0 saturated carbocycles. The molecule has 0 aliphatic carbocycles. The summed E-state index contributed by atoms with van der Waals surface area (Å²) in [6, 6.07) is 8.06. The molecule has 0 N–H and O–H groups in total. The molecule has 4 heteroatoms. The summed E-state index contributed by atoms with van der Waals surface area (Å²) in [5.41, 5.74) is 0.220. The summed E-state index contributed by atoms with van der Waals surface area (Å²) in [5, 5.41) is 10.1. The van der Waals surface area contributed by atoms with Gasteiger partial charge in [-0.2, -0.15) is 0 Å². The molecular weight excluding hydrogens is 228 g/mol. The molecule has 1 aromatic carbocycles. The molecule has 0 atom stereocenters. The summed E-state index contributed by atoms with van der Waals surface area (Å²) in [7, 11) is 2.00. The van der Waals surface area contributed by atoms with Crippen LogP contribution in [0.25, 0.3) is 0 Å². The zero-order valence-corrected chi connectivity index (χ0v) is 10.3. The molecule has 2 rings (SSSR count). The van der Waals surface area contributed by atoms with Crippen LogP contribution >= 0.6 is 0 Å². The number of carbonyl (C=O) groups excluding carboxylic acids is 1. The highest BCUT2D eigenvalue weighted by atomic mass is 16.4. The van der Waals surface area contributed by atoms with Crippen LogP contribution in [0, 0.1) is 0 Å². The third-order valence-corrected chi connectivity index (χ3v) is 2.17. The minimum absolute atomic E-state index is 0.220. The zero-order chi connectivity index (χ0) is 13.4. The maximum absolute atomic E-state index is 10.1. The molecule has 0 amide bonds. The largest absolute Gasteiger partial charge is 0.545 e. The number of rotatable bonds is 3. The highest BCUT2D eigenvalue weighted by Crippen LogP contribution is 1.94. The number of carboxylic acid groups (broad SMARTS) is 1. The first kappa shape index (κ1) is 13.7. The quantitative estimate of drug-likeness (QED) is 0.585. The Hall–Kier alpha value is -2.36. The van der Waals surface area contributed by atoms with E-state index >= 15 is 0 Å². The van der Waals surface area contributed by atoms with Gasteiger partial charge in [-0.3, -0.25) is 0 Å². The first-order valence-corrected chi connectivity index (χ1v) is 5.51. The molecule has 94 valence electrons. The smallest absolute Gasteiger partial charge is 0.243 e. The first-order chi connectivity index (χ1) is 8.63. The third-order valence-electron chi connectivity index (χ3n) is 2.17. The Morgan fingerprint density at radius 3 is 2.50 bits per heavy atom. The first-order valence-electron chi connectivity index (χ1n) is 5.51. The van der Waals surface area contributed by atoms with E-state index in [-0.39, 0.29) is 5.56 Å². The lowest BCUT2D eigenvalue weighted by Gasteiger charge is -1.97. The van der Waals surface area contributed by atoms with Crippen LogP contribution in [0.1, 0.15) is 10.4 Å². The SMILES string of the molecule is C=CC[n+]1ccn(C)c1.O=C([O-])c1ccccc1. The number of hydrogen-bond acceptors (Lipinski definition) is 2. The van der Waals surface area contributed by atoms with Crippen molar-refractivity contribution in [2.75, 3.05) is 0 Å². The summed E-state index contributed by atoms with van der Waals surface area (Å²) < 4.78 is 4.07. The Morgan fingerprint density at radius 1 is 1.44 bits per heavy atom. The second kappa shape index (κ2) is 7.06. The minimum atomic E-state index is -1.13. The van der Waals surface area contributed by atoms with Gasteiger partial charge >= 0.3 is 0 Å². The Labute approximate surface area is 106 Å². The number of aromatic nitrogens is 2. The van der Waals surface area contributed by atoms with Gasteiger partial charge in [-0.1, -0.05) is 43.0 Å². The van der Waals surface area contributed by atoms with Crippen molar-refractivity contribution in [1.82, 2.24) is 4.57 Å². The molecule has 1 aromatic heterocycles. The number of nitrogens with zero attached hydrogens (tertiary/aromatic N) is 2. The van der Waals surface area contributed by atoms with Gasteiger partial charge in [-0.05, 0) is 5.56 Å². The standard InChI is InChI=1S/C7H11N2.C7H6O2/c1-3-4-9-6-5-8(2)7-9;8-7(9)6-4-2-1-3-5-6/h3,5-7H,1,4H2,2H3;1-5H,(H,8,9)/q+1;/p-1. The summed E-state index contributed by atoms with van der Waals surface area (Å²) in [4.78, 5) is 10.1. The molecule has 0 unspecified atom stereocenters. The average molecular weight is 244 g/mol. The molecule has 0 aliphatic heterocycles. The van der Waals surface area contributed by atoms with Crippen LogP contribution < -0.4 is 9.67 Å². The van der Waals surface area contributed by atoms with Crippen molar-refractivity contribution < 1.29 is 14.5 Å². The van der Waals surface area contributed by atoms with Crippen molar-refractivity contribution in [1.29, 1.82) is 0 Å². The molecule has 4 nitrogen and oxygen atoms in total. The minimum Gasteiger partial charge on any atom is -0.545 e. The predicted octanol–water partition coefficient (Wildman–Crippen LogP) is 0.549. The second-order valence-corrected chi connectivity index (χ2v) is 3.72. The lowest BCUT2D eigenvalue weighted by molar-refractivity contribution is -0.686. The second-order valence-electron chi connectivity index (χ2n) is 3.72. The third kappa shape index (κ3) is 4.65. The fraction of sp³-hybridized carbons (Fsp3) is 0.143. The molecule has 18 heavy (non-hydrogen) atoms. The molecular formula is C14H16N2O2. The van der Waals surface area contributed by atoms with Crippen LogP contribution in [0.4, 0.5) is 0 Å². The molecule has 0 bridgehead atoms. The van der Waals surface area contributed by atoms with Gasteiger partial charge in [0.1, 0.15) is 18.9 Å². The van der Waals surface area contributed by atoms with E-state index in [1.165, 1.54) is 12.1 Å². The van der Waals surface area contributed by atoms with Crippen molar-refractivity contribution in [2.45, 2.75) is 6.54 Å². The van der Waals surface area contributed by atoms with Crippen LogP contribution in [-0.2, 0) is 13.6 Å². The van der Waals surface area contributed by atoms with Crippen molar-refractivity contribution in [3.63, 3.8) is 0 Å². The van der Waals surface area contributed by atoms with Crippen LogP contribution in [0.15, 0.2) is 61.7 Å². The lowest BCUT2D eigenvalue weighted by Crippen LogP contribution is -2.29. The number of carbonyl (C=O) groups is 1. The van der Waals surface area contributed by atoms with E-state index in [9.17, 15) is 9.90 Å². The van der Waals surface area contributed by atoms with Gasteiger partial charge in [0.05, 0.1) is 13.0 Å². The Balaban J connectivity index is 0.000000180. The average Bonchev–Trinajstić information content (AvgIpc) is 2.77. The van der Waals surface area contributed by atoms with Gasteiger partial charge in [0, 0.05) is 0 Å². The predicted molar refractivity (Wildman–Crippen MR) is 66.6 cm³/mol. The van der Waals surface area contributed by atoms with Crippen molar-refractivity contribution in [3.05, 3.63) is 67.3 Å². The van der Waals surface area contributed by atoms with Gasteiger partial charge in [-0.25, -0.2) is 9.13 Å². The van der Waals surface area contributed by atoms with E-state index in [1.807, 2.05) is 36.4 Å². The number of allylic oxidation sites excluding steroid dienone is 1. The van der Waals surface area contributed by atoms with Crippen LogP contribution in [-0.4, -0.2) is 10.5 Å². The van der Waals surface area contributed by atoms with Gasteiger partial charge in [0.2, 0.25) is 6.33 Å². The normalized spacial score (nSPS) is 9.17. The molecule has 0 fully saturated rings. The molecule has 0 radical (unpaired) electrons. The maximum Gasteiger partial charge on any atom is 0.243 e. The van der Waals surface area contributed by atoms with Crippen LogP contribution in [0.2, 0.25) is 0 Å². The van der Waals surface area contributed by atoms with Gasteiger partial charge in [-0.15, -0.1) is 0 Å². The molecule has 0 spiro atoms. The Bertz CT molecular complexity index is 504. The van der Waals surface area contributed by atoms with Gasteiger partial charge < -0.3 is 9.90 Å². The van der Waals surface area contributed by atoms with Crippen molar-refractivity contribution in [3.8, 4) is 0 Å². The van der Waals surface area contributed by atoms with E-state index < -0.39 is 5.97 Å². The van der Waals surface area contributed by atoms with E-state index in [4.69, 9.17) is 0 Å². The fourth-order valence-electron chi connectivity index (χ4n) is 1.33.